The van der Waals surface area contributed by atoms with Crippen molar-refractivity contribution in [3.05, 3.63) is 48.7 Å². The number of aromatic nitrogens is 1. The Morgan fingerprint density at radius 2 is 1.95 bits per heavy atom. The maximum absolute atomic E-state index is 11.9. The van der Waals surface area contributed by atoms with Crippen LogP contribution in [0, 0.1) is 0 Å². The zero-order valence-electron chi connectivity index (χ0n) is 12.4. The molecule has 0 aliphatic rings. The summed E-state index contributed by atoms with van der Waals surface area (Å²) in [7, 11) is 3.74. The average molecular weight is 302 g/mol. The number of carbonyl (C=O) groups is 2. The number of rotatable bonds is 5. The third-order valence-electron chi connectivity index (χ3n) is 3.10. The summed E-state index contributed by atoms with van der Waals surface area (Å²) in [4.78, 5) is 29.4. The predicted octanol–water partition coefficient (Wildman–Crippen LogP) is 1.03. The van der Waals surface area contributed by atoms with Gasteiger partial charge in [-0.3, -0.25) is 19.5 Å². The van der Waals surface area contributed by atoms with Gasteiger partial charge in [0.25, 0.3) is 0 Å². The van der Waals surface area contributed by atoms with Crippen molar-refractivity contribution in [2.24, 2.45) is 0 Å². The molecule has 0 spiro atoms. The second kappa shape index (κ2) is 7.37. The van der Waals surface area contributed by atoms with Crippen LogP contribution >= 0.6 is 0 Å². The smallest absolute Gasteiger partial charge is 0.313 e. The van der Waals surface area contributed by atoms with Crippen LogP contribution in [0.2, 0.25) is 0 Å². The number of likely N-dealkylation sites (N-methyl/N-ethyl adjacent to an activating group) is 1. The first-order valence-corrected chi connectivity index (χ1v) is 6.77. The van der Waals surface area contributed by atoms with Crippen LogP contribution in [0.3, 0.4) is 0 Å². The van der Waals surface area contributed by atoms with Gasteiger partial charge in [-0.15, -0.1) is 0 Å². The largest absolute Gasteiger partial charge is 0.468 e. The number of furan rings is 1. The van der Waals surface area contributed by atoms with Crippen LogP contribution in [0.5, 0.6) is 0 Å². The summed E-state index contributed by atoms with van der Waals surface area (Å²) in [6.07, 6.45) is 4.64. The summed E-state index contributed by atoms with van der Waals surface area (Å²) in [6, 6.07) is 6.68. The molecule has 0 aromatic carbocycles. The molecule has 0 saturated heterocycles. The Bertz CT molecular complexity index is 611. The van der Waals surface area contributed by atoms with Crippen molar-refractivity contribution >= 4 is 17.5 Å². The minimum atomic E-state index is -0.719. The molecule has 2 aromatic rings. The predicted molar refractivity (Wildman–Crippen MR) is 81.0 cm³/mol. The van der Waals surface area contributed by atoms with Gasteiger partial charge in [0.2, 0.25) is 0 Å². The lowest BCUT2D eigenvalue weighted by molar-refractivity contribution is -0.136. The molecule has 2 amide bonds. The second-order valence-corrected chi connectivity index (χ2v) is 4.89. The van der Waals surface area contributed by atoms with E-state index >= 15 is 0 Å². The van der Waals surface area contributed by atoms with Crippen molar-refractivity contribution in [2.75, 3.05) is 26.0 Å². The Hall–Kier alpha value is -2.67. The van der Waals surface area contributed by atoms with E-state index in [4.69, 9.17) is 4.42 Å². The molecule has 7 nitrogen and oxygen atoms in total. The van der Waals surface area contributed by atoms with Crippen LogP contribution in [0.15, 0.2) is 47.3 Å². The number of hydrogen-bond donors (Lipinski definition) is 2. The van der Waals surface area contributed by atoms with E-state index < -0.39 is 11.8 Å². The molecule has 0 radical (unpaired) electrons. The van der Waals surface area contributed by atoms with E-state index in [9.17, 15) is 9.59 Å². The van der Waals surface area contributed by atoms with Crippen molar-refractivity contribution in [3.8, 4) is 0 Å². The van der Waals surface area contributed by atoms with Crippen LogP contribution in [0.25, 0.3) is 0 Å². The highest BCUT2D eigenvalue weighted by atomic mass is 16.3. The van der Waals surface area contributed by atoms with Crippen LogP contribution in [-0.4, -0.2) is 42.3 Å². The minimum Gasteiger partial charge on any atom is -0.468 e. The molecule has 7 heteroatoms. The number of nitrogens with zero attached hydrogens (tertiary/aromatic N) is 2. The number of carbonyl (C=O) groups excluding carboxylic acids is 2. The molecule has 116 valence electrons. The number of amides is 2. The molecular formula is C15H18N4O3. The summed E-state index contributed by atoms with van der Waals surface area (Å²) >= 11 is 0. The Morgan fingerprint density at radius 1 is 1.23 bits per heavy atom. The fraction of sp³-hybridized carbons (Fsp3) is 0.267. The van der Waals surface area contributed by atoms with Gasteiger partial charge in [-0.05, 0) is 38.4 Å². The molecule has 0 saturated carbocycles. The van der Waals surface area contributed by atoms with E-state index in [0.29, 0.717) is 5.69 Å². The third kappa shape index (κ3) is 4.16. The molecule has 1 atom stereocenters. The summed E-state index contributed by atoms with van der Waals surface area (Å²) in [5.74, 6) is -0.696. The highest BCUT2D eigenvalue weighted by Gasteiger charge is 2.20. The van der Waals surface area contributed by atoms with Gasteiger partial charge in [0, 0.05) is 24.6 Å². The molecule has 0 fully saturated rings. The Morgan fingerprint density at radius 3 is 2.55 bits per heavy atom. The molecule has 1 unspecified atom stereocenters. The van der Waals surface area contributed by atoms with E-state index in [1.54, 1.807) is 24.5 Å². The van der Waals surface area contributed by atoms with Crippen molar-refractivity contribution in [3.63, 3.8) is 0 Å². The number of nitrogens with one attached hydrogen (secondary N) is 2. The van der Waals surface area contributed by atoms with E-state index in [1.165, 1.54) is 12.4 Å². The number of pyridine rings is 1. The maximum atomic E-state index is 11.9. The fourth-order valence-electron chi connectivity index (χ4n) is 1.91. The number of anilines is 1. The molecule has 0 bridgehead atoms. The Labute approximate surface area is 128 Å². The summed E-state index contributed by atoms with van der Waals surface area (Å²) in [6.45, 7) is 0.267. The van der Waals surface area contributed by atoms with E-state index in [2.05, 4.69) is 15.6 Å². The van der Waals surface area contributed by atoms with Gasteiger partial charge in [-0.25, -0.2) is 0 Å². The molecule has 2 rings (SSSR count). The lowest BCUT2D eigenvalue weighted by Gasteiger charge is -2.22. The maximum Gasteiger partial charge on any atom is 0.313 e. The summed E-state index contributed by atoms with van der Waals surface area (Å²) < 4.78 is 5.34. The van der Waals surface area contributed by atoms with Crippen LogP contribution in [-0.2, 0) is 9.59 Å². The summed E-state index contributed by atoms with van der Waals surface area (Å²) in [5.41, 5.74) is 0.519. The van der Waals surface area contributed by atoms with Gasteiger partial charge < -0.3 is 15.1 Å². The zero-order chi connectivity index (χ0) is 15.9. The average Bonchev–Trinajstić information content (AvgIpc) is 3.02. The topological polar surface area (TPSA) is 87.5 Å². The summed E-state index contributed by atoms with van der Waals surface area (Å²) in [5, 5.41) is 5.11. The molecular weight excluding hydrogens is 284 g/mol. The van der Waals surface area contributed by atoms with E-state index in [1.807, 2.05) is 25.1 Å². The molecule has 2 aromatic heterocycles. The zero-order valence-corrected chi connectivity index (χ0v) is 12.4. The highest BCUT2D eigenvalue weighted by molar-refractivity contribution is 6.39. The quantitative estimate of drug-likeness (QED) is 0.806. The SMILES string of the molecule is CN(C)C(CNC(=O)C(=O)Nc1ccncc1)c1ccco1. The van der Waals surface area contributed by atoms with Crippen LogP contribution < -0.4 is 10.6 Å². The molecule has 2 heterocycles. The van der Waals surface area contributed by atoms with Crippen molar-refractivity contribution in [2.45, 2.75) is 6.04 Å². The Balaban J connectivity index is 1.89. The van der Waals surface area contributed by atoms with Crippen molar-refractivity contribution in [1.82, 2.24) is 15.2 Å². The lowest BCUT2D eigenvalue weighted by atomic mass is 10.2. The lowest BCUT2D eigenvalue weighted by Crippen LogP contribution is -2.40. The first-order valence-electron chi connectivity index (χ1n) is 6.77. The molecule has 0 aliphatic carbocycles. The van der Waals surface area contributed by atoms with E-state index in [0.717, 1.165) is 5.76 Å². The van der Waals surface area contributed by atoms with Gasteiger partial charge in [0.1, 0.15) is 5.76 Å². The molecule has 2 N–H and O–H groups in total. The van der Waals surface area contributed by atoms with Crippen molar-refractivity contribution < 1.29 is 14.0 Å². The normalized spacial score (nSPS) is 12.0. The first-order chi connectivity index (χ1) is 10.6. The van der Waals surface area contributed by atoms with Crippen LogP contribution in [0.1, 0.15) is 11.8 Å². The first kappa shape index (κ1) is 15.7. The second-order valence-electron chi connectivity index (χ2n) is 4.89. The van der Waals surface area contributed by atoms with Crippen LogP contribution in [0.4, 0.5) is 5.69 Å². The monoisotopic (exact) mass is 302 g/mol. The molecule has 22 heavy (non-hydrogen) atoms. The highest BCUT2D eigenvalue weighted by Crippen LogP contribution is 2.17. The minimum absolute atomic E-state index is 0.146. The van der Waals surface area contributed by atoms with Crippen molar-refractivity contribution in [1.29, 1.82) is 0 Å². The fourth-order valence-corrected chi connectivity index (χ4v) is 1.91. The third-order valence-corrected chi connectivity index (χ3v) is 3.10. The Kier molecular flexibility index (Phi) is 5.26. The van der Waals surface area contributed by atoms with Gasteiger partial charge in [0.05, 0.1) is 12.3 Å². The van der Waals surface area contributed by atoms with Gasteiger partial charge >= 0.3 is 11.8 Å². The molecule has 0 aliphatic heterocycles. The number of hydrogen-bond acceptors (Lipinski definition) is 5. The van der Waals surface area contributed by atoms with Gasteiger partial charge in [-0.1, -0.05) is 0 Å². The van der Waals surface area contributed by atoms with E-state index in [-0.39, 0.29) is 12.6 Å². The van der Waals surface area contributed by atoms with Gasteiger partial charge in [-0.2, -0.15) is 0 Å². The standard InChI is InChI=1S/C15H18N4O3/c1-19(2)12(13-4-3-9-22-13)10-17-14(20)15(21)18-11-5-7-16-8-6-11/h3-9,12H,10H2,1-2H3,(H,17,20)(H,16,18,21). The van der Waals surface area contributed by atoms with Gasteiger partial charge in [0.15, 0.2) is 0 Å².